The molecule has 1 spiro atoms. The van der Waals surface area contributed by atoms with Gasteiger partial charge >= 0.3 is 12.1 Å². The van der Waals surface area contributed by atoms with Crippen LogP contribution in [0.3, 0.4) is 0 Å². The number of para-hydroxylation sites is 1. The molecule has 0 bridgehead atoms. The van der Waals surface area contributed by atoms with Gasteiger partial charge in [0.05, 0.1) is 6.61 Å². The summed E-state index contributed by atoms with van der Waals surface area (Å²) in [4.78, 5) is 26.1. The molecule has 28 heavy (non-hydrogen) atoms. The first-order valence-corrected chi connectivity index (χ1v) is 9.85. The van der Waals surface area contributed by atoms with Gasteiger partial charge in [-0.25, -0.2) is 9.59 Å². The molecular weight excluding hydrogens is 358 g/mol. The zero-order valence-corrected chi connectivity index (χ0v) is 17.1. The molecule has 0 saturated carbocycles. The molecule has 1 aromatic carbocycles. The van der Waals surface area contributed by atoms with Crippen molar-refractivity contribution in [2.24, 2.45) is 0 Å². The third-order valence-corrected chi connectivity index (χ3v) is 4.98. The lowest BCUT2D eigenvalue weighted by Gasteiger charge is -2.45. The Morgan fingerprint density at radius 1 is 1.21 bits per heavy atom. The van der Waals surface area contributed by atoms with Gasteiger partial charge in [-0.2, -0.15) is 0 Å². The van der Waals surface area contributed by atoms with E-state index in [9.17, 15) is 9.59 Å². The first-order valence-electron chi connectivity index (χ1n) is 9.85. The molecule has 0 unspecified atom stereocenters. The number of esters is 1. The predicted octanol–water partition coefficient (Wildman–Crippen LogP) is 4.19. The summed E-state index contributed by atoms with van der Waals surface area (Å²) < 4.78 is 17.0. The van der Waals surface area contributed by atoms with E-state index in [2.05, 4.69) is 0 Å². The highest BCUT2D eigenvalue weighted by molar-refractivity contribution is 5.93. The zero-order valence-electron chi connectivity index (χ0n) is 17.1. The molecule has 152 valence electrons. The summed E-state index contributed by atoms with van der Waals surface area (Å²) in [6.45, 7) is 8.85. The van der Waals surface area contributed by atoms with Gasteiger partial charge in [0.1, 0.15) is 17.0 Å². The van der Waals surface area contributed by atoms with Gasteiger partial charge in [0.25, 0.3) is 0 Å². The van der Waals surface area contributed by atoms with E-state index in [0.717, 1.165) is 16.9 Å². The van der Waals surface area contributed by atoms with Crippen molar-refractivity contribution in [3.63, 3.8) is 0 Å². The Hall–Kier alpha value is -2.50. The van der Waals surface area contributed by atoms with E-state index >= 15 is 0 Å². The summed E-state index contributed by atoms with van der Waals surface area (Å²) in [5, 5.41) is 0. The number of carbonyl (C=O) groups is 2. The highest BCUT2D eigenvalue weighted by atomic mass is 16.6. The van der Waals surface area contributed by atoms with Crippen molar-refractivity contribution in [2.75, 3.05) is 19.7 Å². The topological polar surface area (TPSA) is 65.1 Å². The van der Waals surface area contributed by atoms with Crippen LogP contribution in [-0.4, -0.2) is 47.9 Å². The van der Waals surface area contributed by atoms with Crippen molar-refractivity contribution in [1.82, 2.24) is 4.90 Å². The fraction of sp³-hybridized carbons (Fsp3) is 0.545. The van der Waals surface area contributed by atoms with E-state index in [1.165, 1.54) is 0 Å². The summed E-state index contributed by atoms with van der Waals surface area (Å²) in [6, 6.07) is 7.75. The summed E-state index contributed by atoms with van der Waals surface area (Å²) in [6.07, 6.45) is 3.26. The number of hydrogen-bond donors (Lipinski definition) is 0. The molecule has 1 saturated heterocycles. The second-order valence-electron chi connectivity index (χ2n) is 8.35. The normalized spacial score (nSPS) is 19.7. The van der Waals surface area contributed by atoms with Gasteiger partial charge in [-0.15, -0.1) is 0 Å². The third kappa shape index (κ3) is 4.66. The van der Waals surface area contributed by atoms with E-state index in [1.807, 2.05) is 45.0 Å². The number of piperidine rings is 1. The number of hydrogen-bond acceptors (Lipinski definition) is 5. The van der Waals surface area contributed by atoms with Crippen LogP contribution in [-0.2, 0) is 14.3 Å². The molecule has 6 nitrogen and oxygen atoms in total. The van der Waals surface area contributed by atoms with Crippen molar-refractivity contribution in [3.8, 4) is 5.75 Å². The average Bonchev–Trinajstić information content (AvgIpc) is 2.61. The van der Waals surface area contributed by atoms with Gasteiger partial charge in [0, 0.05) is 44.0 Å². The Morgan fingerprint density at radius 3 is 2.54 bits per heavy atom. The summed E-state index contributed by atoms with van der Waals surface area (Å²) in [5.74, 6) is 0.436. The number of rotatable bonds is 2. The molecule has 1 fully saturated rings. The predicted molar refractivity (Wildman–Crippen MR) is 106 cm³/mol. The highest BCUT2D eigenvalue weighted by Gasteiger charge is 2.42. The molecular formula is C22H29NO5. The number of amides is 1. The van der Waals surface area contributed by atoms with Crippen LogP contribution in [0.2, 0.25) is 0 Å². The molecule has 2 heterocycles. The number of ether oxygens (including phenoxy) is 3. The molecule has 0 aliphatic carbocycles. The van der Waals surface area contributed by atoms with Gasteiger partial charge < -0.3 is 19.1 Å². The minimum absolute atomic E-state index is 0.291. The molecule has 0 aromatic heterocycles. The number of carbonyl (C=O) groups excluding carboxylic acids is 2. The molecule has 2 aliphatic heterocycles. The van der Waals surface area contributed by atoms with E-state index in [-0.39, 0.29) is 12.1 Å². The number of nitrogens with zero attached hydrogens (tertiary/aromatic N) is 1. The number of likely N-dealkylation sites (tertiary alicyclic amines) is 1. The van der Waals surface area contributed by atoms with E-state index in [4.69, 9.17) is 14.2 Å². The maximum atomic E-state index is 12.4. The van der Waals surface area contributed by atoms with Crippen molar-refractivity contribution in [2.45, 2.75) is 58.2 Å². The molecule has 1 aromatic rings. The van der Waals surface area contributed by atoms with Crippen LogP contribution in [0.5, 0.6) is 5.75 Å². The molecule has 0 radical (unpaired) electrons. The zero-order chi connectivity index (χ0) is 20.4. The van der Waals surface area contributed by atoms with Crippen molar-refractivity contribution in [1.29, 1.82) is 0 Å². The Morgan fingerprint density at radius 2 is 1.89 bits per heavy atom. The van der Waals surface area contributed by atoms with Crippen LogP contribution in [0.25, 0.3) is 5.57 Å². The van der Waals surface area contributed by atoms with E-state index in [1.54, 1.807) is 17.9 Å². The highest BCUT2D eigenvalue weighted by Crippen LogP contribution is 2.44. The Labute approximate surface area is 166 Å². The van der Waals surface area contributed by atoms with Crippen LogP contribution in [0.15, 0.2) is 30.3 Å². The summed E-state index contributed by atoms with van der Waals surface area (Å²) in [5.41, 5.74) is 0.912. The fourth-order valence-corrected chi connectivity index (χ4v) is 3.69. The maximum absolute atomic E-state index is 12.4. The Kier molecular flexibility index (Phi) is 5.68. The van der Waals surface area contributed by atoms with Crippen LogP contribution in [0, 0.1) is 0 Å². The molecule has 0 N–H and O–H groups in total. The Bertz CT molecular complexity index is 769. The fourth-order valence-electron chi connectivity index (χ4n) is 3.69. The number of benzene rings is 1. The molecule has 2 aliphatic rings. The minimum atomic E-state index is -0.512. The third-order valence-electron chi connectivity index (χ3n) is 4.98. The van der Waals surface area contributed by atoms with Crippen LogP contribution < -0.4 is 4.74 Å². The van der Waals surface area contributed by atoms with Crippen molar-refractivity contribution >= 4 is 17.6 Å². The molecule has 1 amide bonds. The first-order chi connectivity index (χ1) is 13.2. The van der Waals surface area contributed by atoms with E-state index in [0.29, 0.717) is 39.0 Å². The lowest BCUT2D eigenvalue weighted by atomic mass is 9.80. The summed E-state index contributed by atoms with van der Waals surface area (Å²) >= 11 is 0. The monoisotopic (exact) mass is 387 g/mol. The maximum Gasteiger partial charge on any atom is 0.410 e. The van der Waals surface area contributed by atoms with Gasteiger partial charge in [0.15, 0.2) is 0 Å². The largest absolute Gasteiger partial charge is 0.486 e. The first kappa shape index (κ1) is 20.2. The van der Waals surface area contributed by atoms with Gasteiger partial charge in [0.2, 0.25) is 0 Å². The van der Waals surface area contributed by atoms with Crippen LogP contribution in [0.4, 0.5) is 4.79 Å². The molecule has 3 rings (SSSR count). The van der Waals surface area contributed by atoms with Gasteiger partial charge in [-0.3, -0.25) is 0 Å². The van der Waals surface area contributed by atoms with Crippen molar-refractivity contribution in [3.05, 3.63) is 35.9 Å². The van der Waals surface area contributed by atoms with Crippen molar-refractivity contribution < 1.29 is 23.8 Å². The van der Waals surface area contributed by atoms with Crippen LogP contribution in [0.1, 0.15) is 52.5 Å². The smallest absolute Gasteiger partial charge is 0.410 e. The second-order valence-corrected chi connectivity index (χ2v) is 8.35. The second kappa shape index (κ2) is 7.86. The van der Waals surface area contributed by atoms with Crippen LogP contribution >= 0.6 is 0 Å². The standard InChI is InChI=1S/C22H29NO5/c1-5-26-19(24)14-16-15-22(27-18-9-7-6-8-17(16)18)10-12-23(13-11-22)20(25)28-21(2,3)4/h6-9,14H,5,10-13,15H2,1-4H3/b16-14-. The molecule has 6 heteroatoms. The number of fused-ring (bicyclic) bond motifs is 1. The van der Waals surface area contributed by atoms with E-state index < -0.39 is 11.2 Å². The lowest BCUT2D eigenvalue weighted by Crippen LogP contribution is -2.51. The average molecular weight is 387 g/mol. The van der Waals surface area contributed by atoms with Gasteiger partial charge in [-0.05, 0) is 39.3 Å². The van der Waals surface area contributed by atoms with Gasteiger partial charge in [-0.1, -0.05) is 18.2 Å². The molecule has 0 atom stereocenters. The quantitative estimate of drug-likeness (QED) is 0.562. The minimum Gasteiger partial charge on any atom is -0.486 e. The SMILES string of the molecule is CCOC(=O)/C=C1/CC2(CCN(C(=O)OC(C)(C)C)CC2)Oc2ccccc21. The lowest BCUT2D eigenvalue weighted by molar-refractivity contribution is -0.137. The summed E-state index contributed by atoms with van der Waals surface area (Å²) in [7, 11) is 0. The Balaban J connectivity index is 1.77.